The van der Waals surface area contributed by atoms with E-state index < -0.39 is 0 Å². The monoisotopic (exact) mass is 422 g/mol. The molecule has 0 aliphatic carbocycles. The van der Waals surface area contributed by atoms with Gasteiger partial charge in [-0.25, -0.2) is 9.67 Å². The van der Waals surface area contributed by atoms with Gasteiger partial charge in [-0.3, -0.25) is 9.48 Å². The van der Waals surface area contributed by atoms with Crippen molar-refractivity contribution in [2.45, 2.75) is 40.3 Å². The van der Waals surface area contributed by atoms with E-state index in [1.54, 1.807) is 17.1 Å². The summed E-state index contributed by atoms with van der Waals surface area (Å²) >= 11 is 5.91. The van der Waals surface area contributed by atoms with E-state index in [1.807, 2.05) is 62.7 Å². The van der Waals surface area contributed by atoms with Crippen molar-refractivity contribution >= 4 is 34.2 Å². The van der Waals surface area contributed by atoms with Crippen molar-refractivity contribution in [3.8, 4) is 0 Å². The van der Waals surface area contributed by atoms with Crippen LogP contribution in [0.25, 0.3) is 11.0 Å². The van der Waals surface area contributed by atoms with Gasteiger partial charge in [-0.1, -0.05) is 23.7 Å². The Labute approximate surface area is 179 Å². The molecule has 0 bridgehead atoms. The van der Waals surface area contributed by atoms with Gasteiger partial charge in [-0.05, 0) is 51.5 Å². The summed E-state index contributed by atoms with van der Waals surface area (Å²) in [5, 5.41) is 13.2. The first kappa shape index (κ1) is 20.1. The summed E-state index contributed by atoms with van der Waals surface area (Å²) < 4.78 is 3.63. The van der Waals surface area contributed by atoms with Gasteiger partial charge >= 0.3 is 0 Å². The van der Waals surface area contributed by atoms with Gasteiger partial charge in [-0.15, -0.1) is 0 Å². The number of hydrogen-bond acceptors (Lipinski definition) is 4. The topological polar surface area (TPSA) is 77.6 Å². The molecule has 3 heterocycles. The van der Waals surface area contributed by atoms with Crippen LogP contribution in [-0.4, -0.2) is 30.5 Å². The van der Waals surface area contributed by atoms with Crippen molar-refractivity contribution in [3.63, 3.8) is 0 Å². The number of carbonyl (C=O) groups excluding carboxylic acids is 1. The molecule has 154 valence electrons. The molecule has 1 N–H and O–H groups in total. The Morgan fingerprint density at radius 3 is 2.57 bits per heavy atom. The van der Waals surface area contributed by atoms with Crippen molar-refractivity contribution in [2.24, 2.45) is 0 Å². The number of carbonyl (C=O) groups is 1. The van der Waals surface area contributed by atoms with Gasteiger partial charge in [0.05, 0.1) is 34.4 Å². The highest BCUT2D eigenvalue weighted by atomic mass is 35.5. The lowest BCUT2D eigenvalue weighted by atomic mass is 10.1. The zero-order chi connectivity index (χ0) is 21.4. The molecule has 0 radical (unpaired) electrons. The maximum atomic E-state index is 13.1. The summed E-state index contributed by atoms with van der Waals surface area (Å²) in [5.74, 6) is -0.177. The molecular formula is C22H23ClN6O. The van der Waals surface area contributed by atoms with E-state index in [-0.39, 0.29) is 11.9 Å². The maximum Gasteiger partial charge on any atom is 0.256 e. The van der Waals surface area contributed by atoms with Crippen molar-refractivity contribution < 1.29 is 4.79 Å². The van der Waals surface area contributed by atoms with Crippen molar-refractivity contribution in [3.05, 3.63) is 70.3 Å². The predicted molar refractivity (Wildman–Crippen MR) is 118 cm³/mol. The Morgan fingerprint density at radius 2 is 1.93 bits per heavy atom. The second kappa shape index (κ2) is 7.91. The fraction of sp³-hybridized carbons (Fsp3) is 0.273. The van der Waals surface area contributed by atoms with Crippen LogP contribution in [0.4, 0.5) is 5.69 Å². The van der Waals surface area contributed by atoms with E-state index in [0.29, 0.717) is 17.1 Å². The van der Waals surface area contributed by atoms with Gasteiger partial charge in [0.25, 0.3) is 5.91 Å². The molecule has 0 spiro atoms. The molecule has 0 aliphatic heterocycles. The van der Waals surface area contributed by atoms with Crippen LogP contribution < -0.4 is 5.32 Å². The van der Waals surface area contributed by atoms with E-state index >= 15 is 0 Å². The minimum Gasteiger partial charge on any atom is -0.322 e. The minimum absolute atomic E-state index is 0.156. The lowest BCUT2D eigenvalue weighted by Crippen LogP contribution is -2.13. The number of hydrogen-bond donors (Lipinski definition) is 1. The molecule has 0 unspecified atom stereocenters. The largest absolute Gasteiger partial charge is 0.322 e. The van der Waals surface area contributed by atoms with Crippen molar-refractivity contribution in [1.29, 1.82) is 0 Å². The highest BCUT2D eigenvalue weighted by Crippen LogP contribution is 2.25. The zero-order valence-electron chi connectivity index (χ0n) is 17.3. The Bertz CT molecular complexity index is 1220. The number of amides is 1. The molecule has 0 atom stereocenters. The SMILES string of the molecule is Cc1cc(C(=O)Nc2ccc(Cn3cc(Cl)cn3)cc2)c2c(C)nn(C(C)C)c2n1. The van der Waals surface area contributed by atoms with Crippen LogP contribution in [-0.2, 0) is 6.54 Å². The van der Waals surface area contributed by atoms with E-state index in [1.165, 1.54) is 0 Å². The number of rotatable bonds is 5. The van der Waals surface area contributed by atoms with E-state index in [4.69, 9.17) is 11.6 Å². The molecule has 3 aromatic heterocycles. The normalized spacial score (nSPS) is 11.4. The Morgan fingerprint density at radius 1 is 1.20 bits per heavy atom. The van der Waals surface area contributed by atoms with Gasteiger partial charge in [0.2, 0.25) is 0 Å². The molecule has 0 saturated heterocycles. The van der Waals surface area contributed by atoms with Crippen LogP contribution >= 0.6 is 11.6 Å². The fourth-order valence-electron chi connectivity index (χ4n) is 3.48. The summed E-state index contributed by atoms with van der Waals surface area (Å²) in [4.78, 5) is 17.7. The first-order valence-corrected chi connectivity index (χ1v) is 10.1. The molecular weight excluding hydrogens is 400 g/mol. The quantitative estimate of drug-likeness (QED) is 0.502. The number of nitrogens with zero attached hydrogens (tertiary/aromatic N) is 5. The minimum atomic E-state index is -0.177. The van der Waals surface area contributed by atoms with Crippen LogP contribution in [0.3, 0.4) is 0 Å². The highest BCUT2D eigenvalue weighted by Gasteiger charge is 2.20. The van der Waals surface area contributed by atoms with Gasteiger partial charge in [0.15, 0.2) is 5.65 Å². The first-order chi connectivity index (χ1) is 14.3. The number of benzene rings is 1. The molecule has 4 rings (SSSR count). The van der Waals surface area contributed by atoms with Crippen LogP contribution in [0.1, 0.15) is 47.2 Å². The maximum absolute atomic E-state index is 13.1. The third-order valence-corrected chi connectivity index (χ3v) is 5.05. The highest BCUT2D eigenvalue weighted by molar-refractivity contribution is 6.30. The standard InChI is InChI=1S/C22H23ClN6O/c1-13(2)29-21-20(15(4)27-29)19(9-14(3)25-21)22(30)26-18-7-5-16(6-8-18)11-28-12-17(23)10-24-28/h5-10,12-13H,11H2,1-4H3,(H,26,30). The van der Waals surface area contributed by atoms with Gasteiger partial charge in [0, 0.05) is 23.6 Å². The lowest BCUT2D eigenvalue weighted by Gasteiger charge is -2.10. The van der Waals surface area contributed by atoms with Gasteiger partial charge in [-0.2, -0.15) is 10.2 Å². The number of pyridine rings is 1. The average Bonchev–Trinajstić information content (AvgIpc) is 3.25. The van der Waals surface area contributed by atoms with Gasteiger partial charge in [0.1, 0.15) is 0 Å². The molecule has 7 nitrogen and oxygen atoms in total. The molecule has 1 aromatic carbocycles. The Hall–Kier alpha value is -3.19. The summed E-state index contributed by atoms with van der Waals surface area (Å²) in [6.45, 7) is 8.51. The number of aromatic nitrogens is 5. The third-order valence-electron chi connectivity index (χ3n) is 4.86. The molecule has 0 aliphatic rings. The van der Waals surface area contributed by atoms with Gasteiger partial charge < -0.3 is 5.32 Å². The van der Waals surface area contributed by atoms with Crippen molar-refractivity contribution in [2.75, 3.05) is 5.32 Å². The summed E-state index contributed by atoms with van der Waals surface area (Å²) in [6.07, 6.45) is 3.38. The number of nitrogens with one attached hydrogen (secondary N) is 1. The van der Waals surface area contributed by atoms with Crippen LogP contribution in [0.15, 0.2) is 42.7 Å². The Kier molecular flexibility index (Phi) is 5.30. The predicted octanol–water partition coefficient (Wildman–Crippen LogP) is 4.78. The Balaban J connectivity index is 1.59. The summed E-state index contributed by atoms with van der Waals surface area (Å²) in [7, 11) is 0. The van der Waals surface area contributed by atoms with E-state index in [2.05, 4.69) is 20.5 Å². The van der Waals surface area contributed by atoms with Crippen LogP contribution in [0, 0.1) is 13.8 Å². The zero-order valence-corrected chi connectivity index (χ0v) is 18.1. The second-order valence-electron chi connectivity index (χ2n) is 7.64. The van der Waals surface area contributed by atoms with Crippen LogP contribution in [0.2, 0.25) is 5.02 Å². The smallest absolute Gasteiger partial charge is 0.256 e. The summed E-state index contributed by atoms with van der Waals surface area (Å²) in [6, 6.07) is 9.65. The molecule has 0 saturated carbocycles. The second-order valence-corrected chi connectivity index (χ2v) is 8.08. The van der Waals surface area contributed by atoms with Crippen molar-refractivity contribution in [1.82, 2.24) is 24.5 Å². The lowest BCUT2D eigenvalue weighted by molar-refractivity contribution is 0.102. The summed E-state index contributed by atoms with van der Waals surface area (Å²) in [5.41, 5.74) is 4.67. The molecule has 0 fully saturated rings. The van der Waals surface area contributed by atoms with E-state index in [0.717, 1.165) is 33.7 Å². The molecule has 30 heavy (non-hydrogen) atoms. The number of anilines is 1. The third kappa shape index (κ3) is 3.93. The number of halogens is 1. The van der Waals surface area contributed by atoms with E-state index in [9.17, 15) is 4.79 Å². The number of fused-ring (bicyclic) bond motifs is 1. The molecule has 4 aromatic rings. The molecule has 1 amide bonds. The average molecular weight is 423 g/mol. The molecule has 8 heteroatoms. The first-order valence-electron chi connectivity index (χ1n) is 9.76. The number of aryl methyl sites for hydroxylation is 2. The van der Waals surface area contributed by atoms with Crippen LogP contribution in [0.5, 0.6) is 0 Å². The fourth-order valence-corrected chi connectivity index (χ4v) is 3.64.